The molecule has 1 heterocycles. The maximum Gasteiger partial charge on any atom is 0.213 e. The van der Waals surface area contributed by atoms with E-state index < -0.39 is 0 Å². The molecule has 0 radical (unpaired) electrons. The summed E-state index contributed by atoms with van der Waals surface area (Å²) in [6, 6.07) is 5.85. The molecule has 102 valence electrons. The molecule has 0 spiro atoms. The van der Waals surface area contributed by atoms with E-state index in [1.54, 1.807) is 0 Å². The summed E-state index contributed by atoms with van der Waals surface area (Å²) in [7, 11) is 0. The first kappa shape index (κ1) is 14.9. The lowest BCUT2D eigenvalue weighted by Crippen LogP contribution is -2.20. The Morgan fingerprint density at radius 1 is 1.33 bits per heavy atom. The molecule has 1 aromatic heterocycles. The van der Waals surface area contributed by atoms with E-state index in [1.807, 2.05) is 32.0 Å². The predicted molar refractivity (Wildman–Crippen MR) is 72.8 cm³/mol. The lowest BCUT2D eigenvalue weighted by molar-refractivity contribution is 0.0632. The summed E-state index contributed by atoms with van der Waals surface area (Å²) in [5, 5.41) is 3.32. The van der Waals surface area contributed by atoms with Crippen LogP contribution in [-0.2, 0) is 11.3 Å². The van der Waals surface area contributed by atoms with Crippen molar-refractivity contribution < 1.29 is 9.47 Å². The van der Waals surface area contributed by atoms with E-state index in [0.29, 0.717) is 19.1 Å². The lowest BCUT2D eigenvalue weighted by Gasteiger charge is -2.14. The molecule has 1 aromatic rings. The van der Waals surface area contributed by atoms with Crippen LogP contribution >= 0.6 is 0 Å². The van der Waals surface area contributed by atoms with Crippen molar-refractivity contribution in [3.8, 4) is 5.88 Å². The molecule has 4 nitrogen and oxygen atoms in total. The first-order valence-electron chi connectivity index (χ1n) is 6.67. The molecule has 4 heteroatoms. The van der Waals surface area contributed by atoms with Gasteiger partial charge in [0.2, 0.25) is 5.88 Å². The van der Waals surface area contributed by atoms with Crippen molar-refractivity contribution >= 4 is 0 Å². The molecular weight excluding hydrogens is 228 g/mol. The molecule has 0 bridgehead atoms. The number of hydrogen-bond acceptors (Lipinski definition) is 4. The van der Waals surface area contributed by atoms with Gasteiger partial charge in [-0.05, 0) is 32.9 Å². The summed E-state index contributed by atoms with van der Waals surface area (Å²) in [6.07, 6.45) is 1.15. The van der Waals surface area contributed by atoms with Crippen LogP contribution in [0.15, 0.2) is 18.2 Å². The SMILES string of the molecule is CCCNCc1cccc(OC(C)COCC)n1. The number of rotatable bonds is 9. The van der Waals surface area contributed by atoms with Gasteiger partial charge in [-0.1, -0.05) is 13.0 Å². The first-order chi connectivity index (χ1) is 8.76. The second kappa shape index (κ2) is 8.89. The minimum atomic E-state index is 0.0244. The Hall–Kier alpha value is -1.13. The van der Waals surface area contributed by atoms with Gasteiger partial charge in [0.05, 0.1) is 12.3 Å². The minimum Gasteiger partial charge on any atom is -0.472 e. The maximum atomic E-state index is 5.70. The maximum absolute atomic E-state index is 5.70. The number of pyridine rings is 1. The fraction of sp³-hybridized carbons (Fsp3) is 0.643. The Balaban J connectivity index is 2.43. The summed E-state index contributed by atoms with van der Waals surface area (Å²) in [5.41, 5.74) is 1.00. The van der Waals surface area contributed by atoms with Gasteiger partial charge < -0.3 is 14.8 Å². The summed E-state index contributed by atoms with van der Waals surface area (Å²) >= 11 is 0. The van der Waals surface area contributed by atoms with Crippen LogP contribution in [0.4, 0.5) is 0 Å². The van der Waals surface area contributed by atoms with E-state index >= 15 is 0 Å². The fourth-order valence-corrected chi connectivity index (χ4v) is 1.54. The average molecular weight is 252 g/mol. The molecule has 1 N–H and O–H groups in total. The standard InChI is InChI=1S/C14H24N2O2/c1-4-9-15-10-13-7-6-8-14(16-13)18-12(3)11-17-5-2/h6-8,12,15H,4-5,9-11H2,1-3H3. The molecule has 0 aliphatic rings. The van der Waals surface area contributed by atoms with Crippen LogP contribution in [0.1, 0.15) is 32.9 Å². The zero-order valence-electron chi connectivity index (χ0n) is 11.6. The lowest BCUT2D eigenvalue weighted by atomic mass is 10.3. The zero-order chi connectivity index (χ0) is 13.2. The topological polar surface area (TPSA) is 43.4 Å². The third-order valence-corrected chi connectivity index (χ3v) is 2.39. The van der Waals surface area contributed by atoms with Crippen LogP contribution in [0.3, 0.4) is 0 Å². The third kappa shape index (κ3) is 5.98. The van der Waals surface area contributed by atoms with Gasteiger partial charge in [-0.15, -0.1) is 0 Å². The number of nitrogens with one attached hydrogen (secondary N) is 1. The molecule has 1 rings (SSSR count). The Kier molecular flexibility index (Phi) is 7.37. The van der Waals surface area contributed by atoms with Crippen LogP contribution in [-0.4, -0.2) is 30.8 Å². The van der Waals surface area contributed by atoms with E-state index in [4.69, 9.17) is 9.47 Å². The van der Waals surface area contributed by atoms with Gasteiger partial charge >= 0.3 is 0 Å². The molecule has 18 heavy (non-hydrogen) atoms. The number of hydrogen-bond donors (Lipinski definition) is 1. The van der Waals surface area contributed by atoms with Crippen LogP contribution in [0.2, 0.25) is 0 Å². The highest BCUT2D eigenvalue weighted by atomic mass is 16.5. The van der Waals surface area contributed by atoms with E-state index in [1.165, 1.54) is 0 Å². The van der Waals surface area contributed by atoms with Gasteiger partial charge in [-0.3, -0.25) is 0 Å². The monoisotopic (exact) mass is 252 g/mol. The molecule has 1 unspecified atom stereocenters. The number of ether oxygens (including phenoxy) is 2. The second-order valence-electron chi connectivity index (χ2n) is 4.23. The Morgan fingerprint density at radius 3 is 2.89 bits per heavy atom. The first-order valence-corrected chi connectivity index (χ1v) is 6.67. The van der Waals surface area contributed by atoms with Gasteiger partial charge in [0.1, 0.15) is 6.10 Å². The summed E-state index contributed by atoms with van der Waals surface area (Å²) in [4.78, 5) is 4.45. The number of nitrogens with zero attached hydrogens (tertiary/aromatic N) is 1. The highest BCUT2D eigenvalue weighted by molar-refractivity contribution is 5.16. The van der Waals surface area contributed by atoms with Gasteiger partial charge in [-0.2, -0.15) is 0 Å². The Bertz CT molecular complexity index is 331. The van der Waals surface area contributed by atoms with Crippen LogP contribution < -0.4 is 10.1 Å². The molecule has 0 aromatic carbocycles. The average Bonchev–Trinajstić information content (AvgIpc) is 2.37. The molecule has 0 saturated heterocycles. The van der Waals surface area contributed by atoms with Crippen LogP contribution in [0, 0.1) is 0 Å². The smallest absolute Gasteiger partial charge is 0.213 e. The summed E-state index contributed by atoms with van der Waals surface area (Å²) in [6.45, 7) is 9.21. The van der Waals surface area contributed by atoms with Gasteiger partial charge in [0.25, 0.3) is 0 Å². The van der Waals surface area contributed by atoms with Crippen molar-refractivity contribution in [2.45, 2.75) is 39.8 Å². The Labute approximate surface area is 110 Å². The van der Waals surface area contributed by atoms with Crippen LogP contribution in [0.25, 0.3) is 0 Å². The van der Waals surface area contributed by atoms with Crippen molar-refractivity contribution in [1.29, 1.82) is 0 Å². The fourth-order valence-electron chi connectivity index (χ4n) is 1.54. The van der Waals surface area contributed by atoms with E-state index in [-0.39, 0.29) is 6.10 Å². The van der Waals surface area contributed by atoms with Crippen molar-refractivity contribution in [2.75, 3.05) is 19.8 Å². The minimum absolute atomic E-state index is 0.0244. The number of aromatic nitrogens is 1. The summed E-state index contributed by atoms with van der Waals surface area (Å²) < 4.78 is 11.0. The van der Waals surface area contributed by atoms with E-state index in [0.717, 1.165) is 25.2 Å². The largest absolute Gasteiger partial charge is 0.472 e. The Morgan fingerprint density at radius 2 is 2.17 bits per heavy atom. The van der Waals surface area contributed by atoms with E-state index in [9.17, 15) is 0 Å². The van der Waals surface area contributed by atoms with E-state index in [2.05, 4.69) is 17.2 Å². The molecule has 1 atom stereocenters. The summed E-state index contributed by atoms with van der Waals surface area (Å²) in [5.74, 6) is 0.665. The quantitative estimate of drug-likeness (QED) is 0.685. The second-order valence-corrected chi connectivity index (χ2v) is 4.23. The van der Waals surface area contributed by atoms with Gasteiger partial charge in [0.15, 0.2) is 0 Å². The van der Waals surface area contributed by atoms with Crippen molar-refractivity contribution in [1.82, 2.24) is 10.3 Å². The normalized spacial score (nSPS) is 12.4. The molecular formula is C14H24N2O2. The van der Waals surface area contributed by atoms with Crippen molar-refractivity contribution in [2.24, 2.45) is 0 Å². The molecule has 0 amide bonds. The molecule has 0 saturated carbocycles. The van der Waals surface area contributed by atoms with Gasteiger partial charge in [-0.25, -0.2) is 4.98 Å². The zero-order valence-corrected chi connectivity index (χ0v) is 11.6. The highest BCUT2D eigenvalue weighted by Gasteiger charge is 2.05. The molecule has 0 aliphatic heterocycles. The highest BCUT2D eigenvalue weighted by Crippen LogP contribution is 2.10. The third-order valence-electron chi connectivity index (χ3n) is 2.39. The van der Waals surface area contributed by atoms with Gasteiger partial charge in [0, 0.05) is 19.2 Å². The van der Waals surface area contributed by atoms with Crippen LogP contribution in [0.5, 0.6) is 5.88 Å². The molecule has 0 aliphatic carbocycles. The predicted octanol–water partition coefficient (Wildman–Crippen LogP) is 2.39. The molecule has 0 fully saturated rings. The van der Waals surface area contributed by atoms with Crippen molar-refractivity contribution in [3.63, 3.8) is 0 Å². The van der Waals surface area contributed by atoms with Crippen molar-refractivity contribution in [3.05, 3.63) is 23.9 Å².